The molecule has 1 amide bonds. The highest BCUT2D eigenvalue weighted by Gasteiger charge is 2.17. The minimum Gasteiger partial charge on any atom is -0.451 e. The molecule has 1 aromatic carbocycles. The van der Waals surface area contributed by atoms with Crippen LogP contribution >= 0.6 is 0 Å². The van der Waals surface area contributed by atoms with Gasteiger partial charge in [-0.05, 0) is 19.1 Å². The normalized spacial score (nSPS) is 10.6. The maximum absolute atomic E-state index is 12.1. The fourth-order valence-corrected chi connectivity index (χ4v) is 1.91. The first-order valence-electron chi connectivity index (χ1n) is 5.82. The van der Waals surface area contributed by atoms with Crippen LogP contribution in [0.25, 0.3) is 11.0 Å². The van der Waals surface area contributed by atoms with Gasteiger partial charge in [0.25, 0.3) is 5.91 Å². The number of aromatic nitrogens is 2. The van der Waals surface area contributed by atoms with Gasteiger partial charge in [0, 0.05) is 23.3 Å². The second-order valence-corrected chi connectivity index (χ2v) is 4.08. The van der Waals surface area contributed by atoms with E-state index in [1.807, 2.05) is 31.2 Å². The number of amides is 1. The summed E-state index contributed by atoms with van der Waals surface area (Å²) in [6.07, 6.45) is 3.13. The van der Waals surface area contributed by atoms with E-state index in [-0.39, 0.29) is 17.6 Å². The van der Waals surface area contributed by atoms with Crippen LogP contribution < -0.4 is 5.32 Å². The maximum atomic E-state index is 12.1. The lowest BCUT2D eigenvalue weighted by Crippen LogP contribution is -2.14. The van der Waals surface area contributed by atoms with E-state index >= 15 is 0 Å². The summed E-state index contributed by atoms with van der Waals surface area (Å²) in [6.45, 7) is 1.85. The molecule has 2 heterocycles. The smallest absolute Gasteiger partial charge is 0.294 e. The number of anilines is 1. The highest BCUT2D eigenvalue weighted by atomic mass is 16.3. The zero-order valence-electron chi connectivity index (χ0n) is 10.3. The molecule has 1 N–H and O–H groups in total. The van der Waals surface area contributed by atoms with Crippen LogP contribution in [0.3, 0.4) is 0 Å². The zero-order chi connectivity index (χ0) is 13.2. The molecule has 0 saturated heterocycles. The molecule has 0 atom stereocenters. The molecule has 0 aliphatic rings. The summed E-state index contributed by atoms with van der Waals surface area (Å²) in [6, 6.07) is 9.21. The fraction of sp³-hybridized carbons (Fsp3) is 0.0714. The van der Waals surface area contributed by atoms with Crippen molar-refractivity contribution in [1.29, 1.82) is 0 Å². The molecule has 0 radical (unpaired) electrons. The van der Waals surface area contributed by atoms with Crippen LogP contribution in [0.5, 0.6) is 0 Å². The Balaban J connectivity index is 1.96. The molecule has 0 aliphatic carbocycles. The number of para-hydroxylation sites is 1. The predicted molar refractivity (Wildman–Crippen MR) is 70.9 cm³/mol. The van der Waals surface area contributed by atoms with Crippen molar-refractivity contribution in [2.45, 2.75) is 6.92 Å². The van der Waals surface area contributed by atoms with Gasteiger partial charge in [0.05, 0.1) is 0 Å². The van der Waals surface area contributed by atoms with Gasteiger partial charge in [-0.3, -0.25) is 10.1 Å². The predicted octanol–water partition coefficient (Wildman–Crippen LogP) is 2.78. The number of aryl methyl sites for hydroxylation is 1. The van der Waals surface area contributed by atoms with Crippen molar-refractivity contribution in [2.75, 3.05) is 5.32 Å². The molecule has 94 valence electrons. The summed E-state index contributed by atoms with van der Waals surface area (Å²) < 4.78 is 5.57. The average Bonchev–Trinajstić information content (AvgIpc) is 2.78. The van der Waals surface area contributed by atoms with Crippen LogP contribution in [0.4, 0.5) is 5.95 Å². The Bertz CT molecular complexity index is 735. The molecule has 0 aliphatic heterocycles. The van der Waals surface area contributed by atoms with E-state index in [9.17, 15) is 4.79 Å². The SMILES string of the molecule is Cc1c(C(=O)Nc2ncccn2)oc2ccccc12. The third-order valence-corrected chi connectivity index (χ3v) is 2.84. The van der Waals surface area contributed by atoms with Crippen molar-refractivity contribution in [3.05, 3.63) is 54.0 Å². The first kappa shape index (κ1) is 11.4. The Kier molecular flexibility index (Phi) is 2.72. The van der Waals surface area contributed by atoms with Gasteiger partial charge in [-0.15, -0.1) is 0 Å². The molecule has 0 bridgehead atoms. The highest BCUT2D eigenvalue weighted by molar-refractivity contribution is 6.05. The molecule has 2 aromatic heterocycles. The number of hydrogen-bond donors (Lipinski definition) is 1. The van der Waals surface area contributed by atoms with E-state index in [1.165, 1.54) is 0 Å². The van der Waals surface area contributed by atoms with Crippen LogP contribution in [-0.2, 0) is 0 Å². The van der Waals surface area contributed by atoms with Gasteiger partial charge in [-0.2, -0.15) is 0 Å². The Morgan fingerprint density at radius 1 is 1.16 bits per heavy atom. The Labute approximate surface area is 109 Å². The number of carbonyl (C=O) groups excluding carboxylic acids is 1. The Morgan fingerprint density at radius 2 is 1.89 bits per heavy atom. The second kappa shape index (κ2) is 4.53. The average molecular weight is 253 g/mol. The Morgan fingerprint density at radius 3 is 2.63 bits per heavy atom. The number of rotatable bonds is 2. The van der Waals surface area contributed by atoms with Gasteiger partial charge in [-0.1, -0.05) is 18.2 Å². The van der Waals surface area contributed by atoms with E-state index in [0.717, 1.165) is 10.9 Å². The summed E-state index contributed by atoms with van der Waals surface area (Å²) in [5, 5.41) is 3.54. The molecular weight excluding hydrogens is 242 g/mol. The highest BCUT2D eigenvalue weighted by Crippen LogP contribution is 2.25. The van der Waals surface area contributed by atoms with E-state index < -0.39 is 0 Å². The van der Waals surface area contributed by atoms with Crippen molar-refractivity contribution in [3.63, 3.8) is 0 Å². The van der Waals surface area contributed by atoms with Crippen LogP contribution in [-0.4, -0.2) is 15.9 Å². The lowest BCUT2D eigenvalue weighted by atomic mass is 10.1. The van der Waals surface area contributed by atoms with E-state index in [0.29, 0.717) is 5.58 Å². The minimum atomic E-state index is -0.347. The topological polar surface area (TPSA) is 68.0 Å². The number of carbonyl (C=O) groups is 1. The largest absolute Gasteiger partial charge is 0.451 e. The first-order chi connectivity index (χ1) is 9.25. The van der Waals surface area contributed by atoms with E-state index in [4.69, 9.17) is 4.42 Å². The van der Waals surface area contributed by atoms with Crippen LogP contribution in [0, 0.1) is 6.92 Å². The standard InChI is InChI=1S/C14H11N3O2/c1-9-10-5-2-3-6-11(10)19-12(9)13(18)17-14-15-7-4-8-16-14/h2-8H,1H3,(H,15,16,17,18). The summed E-state index contributed by atoms with van der Waals surface area (Å²) in [5.41, 5.74) is 1.50. The van der Waals surface area contributed by atoms with Crippen molar-refractivity contribution in [2.24, 2.45) is 0 Å². The number of fused-ring (bicyclic) bond motifs is 1. The third kappa shape index (κ3) is 2.06. The Hall–Kier alpha value is -2.69. The molecule has 3 aromatic rings. The summed E-state index contributed by atoms with van der Waals surface area (Å²) in [4.78, 5) is 20.0. The van der Waals surface area contributed by atoms with E-state index in [1.54, 1.807) is 18.5 Å². The molecule has 0 fully saturated rings. The number of furan rings is 1. The molecule has 0 spiro atoms. The maximum Gasteiger partial charge on any atom is 0.294 e. The number of nitrogens with zero attached hydrogens (tertiary/aromatic N) is 2. The number of benzene rings is 1. The number of nitrogens with one attached hydrogen (secondary N) is 1. The van der Waals surface area contributed by atoms with Crippen molar-refractivity contribution in [3.8, 4) is 0 Å². The molecule has 19 heavy (non-hydrogen) atoms. The van der Waals surface area contributed by atoms with Gasteiger partial charge in [-0.25, -0.2) is 9.97 Å². The molecule has 3 rings (SSSR count). The minimum absolute atomic E-state index is 0.257. The lowest BCUT2D eigenvalue weighted by Gasteiger charge is -2.00. The zero-order valence-corrected chi connectivity index (χ0v) is 10.3. The molecule has 5 nitrogen and oxygen atoms in total. The van der Waals surface area contributed by atoms with Crippen molar-refractivity contribution >= 4 is 22.8 Å². The van der Waals surface area contributed by atoms with Gasteiger partial charge < -0.3 is 4.42 Å². The van der Waals surface area contributed by atoms with Gasteiger partial charge in [0.15, 0.2) is 5.76 Å². The van der Waals surface area contributed by atoms with Gasteiger partial charge in [0.1, 0.15) is 5.58 Å². The van der Waals surface area contributed by atoms with E-state index in [2.05, 4.69) is 15.3 Å². The fourth-order valence-electron chi connectivity index (χ4n) is 1.91. The molecule has 5 heteroatoms. The lowest BCUT2D eigenvalue weighted by molar-refractivity contribution is 0.0997. The number of hydrogen-bond acceptors (Lipinski definition) is 4. The first-order valence-corrected chi connectivity index (χ1v) is 5.82. The van der Waals surface area contributed by atoms with Crippen LogP contribution in [0.1, 0.15) is 16.1 Å². The molecule has 0 unspecified atom stereocenters. The second-order valence-electron chi connectivity index (χ2n) is 4.08. The van der Waals surface area contributed by atoms with Gasteiger partial charge in [0.2, 0.25) is 5.95 Å². The van der Waals surface area contributed by atoms with Crippen molar-refractivity contribution in [1.82, 2.24) is 9.97 Å². The summed E-state index contributed by atoms with van der Waals surface area (Å²) in [7, 11) is 0. The van der Waals surface area contributed by atoms with Crippen LogP contribution in [0.15, 0.2) is 47.1 Å². The van der Waals surface area contributed by atoms with Crippen molar-refractivity contribution < 1.29 is 9.21 Å². The quantitative estimate of drug-likeness (QED) is 0.762. The molecule has 0 saturated carbocycles. The molecular formula is C14H11N3O2. The van der Waals surface area contributed by atoms with Crippen LogP contribution in [0.2, 0.25) is 0 Å². The monoisotopic (exact) mass is 253 g/mol. The summed E-state index contributed by atoms with van der Waals surface area (Å²) in [5.74, 6) is 0.195. The third-order valence-electron chi connectivity index (χ3n) is 2.84. The summed E-state index contributed by atoms with van der Waals surface area (Å²) >= 11 is 0. The van der Waals surface area contributed by atoms with Gasteiger partial charge >= 0.3 is 0 Å².